The average molecular weight is 395 g/mol. The summed E-state index contributed by atoms with van der Waals surface area (Å²) >= 11 is 0. The number of nitrogens with zero attached hydrogens (tertiary/aromatic N) is 2. The molecule has 154 valence electrons. The van der Waals surface area contributed by atoms with Crippen LogP contribution in [0, 0.1) is 0 Å². The van der Waals surface area contributed by atoms with Gasteiger partial charge in [0.05, 0.1) is 20.3 Å². The second-order valence-electron chi connectivity index (χ2n) is 7.86. The van der Waals surface area contributed by atoms with Crippen LogP contribution in [-0.2, 0) is 4.79 Å². The monoisotopic (exact) mass is 394 g/mol. The highest BCUT2D eigenvalue weighted by molar-refractivity contribution is 5.84. The van der Waals surface area contributed by atoms with Gasteiger partial charge in [-0.2, -0.15) is 0 Å². The number of amides is 1. The number of benzene rings is 2. The highest BCUT2D eigenvalue weighted by Gasteiger charge is 2.38. The molecular weight excluding hydrogens is 364 g/mol. The molecule has 29 heavy (non-hydrogen) atoms. The summed E-state index contributed by atoms with van der Waals surface area (Å²) in [6.07, 6.45) is 4.32. The van der Waals surface area contributed by atoms with Crippen LogP contribution in [0.25, 0.3) is 0 Å². The van der Waals surface area contributed by atoms with E-state index in [1.54, 1.807) is 14.2 Å². The molecule has 1 amide bonds. The Morgan fingerprint density at radius 2 is 1.66 bits per heavy atom. The lowest BCUT2D eigenvalue weighted by molar-refractivity contribution is -0.138. The molecule has 0 unspecified atom stereocenters. The Morgan fingerprint density at radius 1 is 0.931 bits per heavy atom. The van der Waals surface area contributed by atoms with Gasteiger partial charge in [0.1, 0.15) is 6.04 Å². The summed E-state index contributed by atoms with van der Waals surface area (Å²) in [5, 5.41) is 0. The minimum Gasteiger partial charge on any atom is -0.493 e. The fourth-order valence-corrected chi connectivity index (χ4v) is 4.74. The zero-order valence-electron chi connectivity index (χ0n) is 17.3. The van der Waals surface area contributed by atoms with Gasteiger partial charge in [-0.25, -0.2) is 0 Å². The summed E-state index contributed by atoms with van der Waals surface area (Å²) in [6.45, 7) is 2.77. The summed E-state index contributed by atoms with van der Waals surface area (Å²) in [7, 11) is 3.29. The number of hydrogen-bond acceptors (Lipinski definition) is 4. The largest absolute Gasteiger partial charge is 0.493 e. The Kier molecular flexibility index (Phi) is 6.05. The van der Waals surface area contributed by atoms with Crippen molar-refractivity contribution in [3.8, 4) is 11.5 Å². The van der Waals surface area contributed by atoms with Crippen molar-refractivity contribution in [3.05, 3.63) is 59.7 Å². The quantitative estimate of drug-likeness (QED) is 0.736. The number of carbonyl (C=O) groups excluding carboxylic acids is 1. The van der Waals surface area contributed by atoms with Gasteiger partial charge < -0.3 is 14.4 Å². The zero-order valence-corrected chi connectivity index (χ0v) is 17.3. The van der Waals surface area contributed by atoms with Gasteiger partial charge in [-0.3, -0.25) is 9.69 Å². The summed E-state index contributed by atoms with van der Waals surface area (Å²) < 4.78 is 10.9. The number of rotatable bonds is 6. The van der Waals surface area contributed by atoms with Crippen molar-refractivity contribution >= 4 is 5.91 Å². The van der Waals surface area contributed by atoms with E-state index in [4.69, 9.17) is 9.47 Å². The molecule has 0 spiro atoms. The van der Waals surface area contributed by atoms with E-state index >= 15 is 0 Å². The van der Waals surface area contributed by atoms with Gasteiger partial charge in [-0.05, 0) is 62.0 Å². The van der Waals surface area contributed by atoms with Crippen LogP contribution < -0.4 is 9.47 Å². The molecule has 2 aromatic carbocycles. The highest BCUT2D eigenvalue weighted by atomic mass is 16.5. The van der Waals surface area contributed by atoms with E-state index in [1.165, 1.54) is 0 Å². The van der Waals surface area contributed by atoms with Crippen LogP contribution in [0.1, 0.15) is 48.9 Å². The van der Waals surface area contributed by atoms with Crippen LogP contribution in [0.15, 0.2) is 48.5 Å². The molecule has 2 aromatic rings. The SMILES string of the molecule is COc1ccc([C@H]2CCCN2C(=O)[C@@H](c2ccccc2)N2CCCC2)cc1OC. The molecule has 2 atom stereocenters. The van der Waals surface area contributed by atoms with Crippen LogP contribution in [0.3, 0.4) is 0 Å². The van der Waals surface area contributed by atoms with E-state index in [9.17, 15) is 4.79 Å². The van der Waals surface area contributed by atoms with E-state index < -0.39 is 0 Å². The van der Waals surface area contributed by atoms with E-state index in [-0.39, 0.29) is 18.0 Å². The van der Waals surface area contributed by atoms with Crippen molar-refractivity contribution in [1.29, 1.82) is 0 Å². The number of likely N-dealkylation sites (tertiary alicyclic amines) is 2. The van der Waals surface area contributed by atoms with Crippen molar-refractivity contribution < 1.29 is 14.3 Å². The zero-order chi connectivity index (χ0) is 20.2. The molecule has 4 rings (SSSR count). The van der Waals surface area contributed by atoms with E-state index in [0.29, 0.717) is 11.5 Å². The molecular formula is C24H30N2O3. The van der Waals surface area contributed by atoms with Crippen molar-refractivity contribution in [2.45, 2.75) is 37.8 Å². The maximum Gasteiger partial charge on any atom is 0.245 e. The van der Waals surface area contributed by atoms with E-state index in [1.807, 2.05) is 30.3 Å². The topological polar surface area (TPSA) is 42.0 Å². The lowest BCUT2D eigenvalue weighted by atomic mass is 10.0. The average Bonchev–Trinajstić information content (AvgIpc) is 3.46. The predicted molar refractivity (Wildman–Crippen MR) is 113 cm³/mol. The molecule has 0 saturated carbocycles. The van der Waals surface area contributed by atoms with Crippen molar-refractivity contribution in [2.24, 2.45) is 0 Å². The molecule has 2 fully saturated rings. The van der Waals surface area contributed by atoms with Crippen molar-refractivity contribution in [3.63, 3.8) is 0 Å². The summed E-state index contributed by atoms with van der Waals surface area (Å²) in [5.41, 5.74) is 2.21. The summed E-state index contributed by atoms with van der Waals surface area (Å²) in [6, 6.07) is 16.1. The first-order valence-electron chi connectivity index (χ1n) is 10.5. The molecule has 2 aliphatic rings. The lowest BCUT2D eigenvalue weighted by Crippen LogP contribution is -2.42. The standard InChI is InChI=1S/C24H30N2O3/c1-28-21-13-12-19(17-22(21)29-2)20-11-8-16-26(20)24(27)23(25-14-6-7-15-25)18-9-4-3-5-10-18/h3-5,9-10,12-13,17,20,23H,6-8,11,14-16H2,1-2H3/t20-,23-/m1/s1. The molecule has 2 aliphatic heterocycles. The van der Waals surface area contributed by atoms with Gasteiger partial charge in [0.15, 0.2) is 11.5 Å². The number of carbonyl (C=O) groups is 1. The minimum absolute atomic E-state index is 0.0797. The van der Waals surface area contributed by atoms with E-state index in [2.05, 4.69) is 28.0 Å². The van der Waals surface area contributed by atoms with Crippen LogP contribution >= 0.6 is 0 Å². The van der Waals surface area contributed by atoms with Gasteiger partial charge in [0.25, 0.3) is 0 Å². The molecule has 2 saturated heterocycles. The maximum absolute atomic E-state index is 13.8. The second-order valence-corrected chi connectivity index (χ2v) is 7.86. The molecule has 0 aliphatic carbocycles. The van der Waals surface area contributed by atoms with Gasteiger partial charge in [0.2, 0.25) is 5.91 Å². The highest BCUT2D eigenvalue weighted by Crippen LogP contribution is 2.39. The Morgan fingerprint density at radius 3 is 2.34 bits per heavy atom. The fourth-order valence-electron chi connectivity index (χ4n) is 4.74. The molecule has 0 N–H and O–H groups in total. The van der Waals surface area contributed by atoms with Gasteiger partial charge in [-0.15, -0.1) is 0 Å². The van der Waals surface area contributed by atoms with Crippen LogP contribution in [0.2, 0.25) is 0 Å². The third kappa shape index (κ3) is 3.97. The van der Waals surface area contributed by atoms with Gasteiger partial charge in [-0.1, -0.05) is 36.4 Å². The molecule has 2 heterocycles. The molecule has 0 aromatic heterocycles. The number of methoxy groups -OCH3 is 2. The smallest absolute Gasteiger partial charge is 0.245 e. The Bertz CT molecular complexity index is 833. The molecule has 5 nitrogen and oxygen atoms in total. The van der Waals surface area contributed by atoms with Crippen molar-refractivity contribution in [1.82, 2.24) is 9.80 Å². The van der Waals surface area contributed by atoms with Crippen molar-refractivity contribution in [2.75, 3.05) is 33.9 Å². The van der Waals surface area contributed by atoms with Crippen LogP contribution in [-0.4, -0.2) is 49.6 Å². The van der Waals surface area contributed by atoms with E-state index in [0.717, 1.165) is 56.4 Å². The first-order chi connectivity index (χ1) is 14.2. The Hall–Kier alpha value is -2.53. The molecule has 0 bridgehead atoms. The summed E-state index contributed by atoms with van der Waals surface area (Å²) in [4.78, 5) is 18.3. The number of ether oxygens (including phenoxy) is 2. The minimum atomic E-state index is -0.195. The van der Waals surface area contributed by atoms with Crippen LogP contribution in [0.4, 0.5) is 0 Å². The Balaban J connectivity index is 1.63. The predicted octanol–water partition coefficient (Wildman–Crippen LogP) is 4.20. The summed E-state index contributed by atoms with van der Waals surface area (Å²) in [5.74, 6) is 1.64. The van der Waals surface area contributed by atoms with Gasteiger partial charge in [0, 0.05) is 6.54 Å². The third-order valence-electron chi connectivity index (χ3n) is 6.18. The molecule has 5 heteroatoms. The van der Waals surface area contributed by atoms with Crippen LogP contribution in [0.5, 0.6) is 11.5 Å². The maximum atomic E-state index is 13.8. The fraction of sp³-hybridized carbons (Fsp3) is 0.458. The normalized spacial score (nSPS) is 20.6. The van der Waals surface area contributed by atoms with Gasteiger partial charge >= 0.3 is 0 Å². The lowest BCUT2D eigenvalue weighted by Gasteiger charge is -2.34. The third-order valence-corrected chi connectivity index (χ3v) is 6.18. The Labute approximate surface area is 173 Å². The first-order valence-corrected chi connectivity index (χ1v) is 10.5. The second kappa shape index (κ2) is 8.87. The molecule has 0 radical (unpaired) electrons. The first kappa shape index (κ1) is 19.8. The number of hydrogen-bond donors (Lipinski definition) is 0.